The van der Waals surface area contributed by atoms with Crippen LogP contribution in [0.4, 0.5) is 0 Å². The van der Waals surface area contributed by atoms with E-state index in [1.54, 1.807) is 0 Å². The minimum Gasteiger partial charge on any atom is -0.254 e. The van der Waals surface area contributed by atoms with Crippen molar-refractivity contribution in [3.63, 3.8) is 0 Å². The van der Waals surface area contributed by atoms with E-state index >= 15 is 0 Å². The van der Waals surface area contributed by atoms with E-state index in [1.807, 2.05) is 6.07 Å². The van der Waals surface area contributed by atoms with Gasteiger partial charge in [0.05, 0.1) is 0 Å². The van der Waals surface area contributed by atoms with Crippen LogP contribution in [0, 0.1) is 0 Å². The molecule has 0 spiro atoms. The summed E-state index contributed by atoms with van der Waals surface area (Å²) < 4.78 is 0. The molecule has 0 aliphatic heterocycles. The lowest BCUT2D eigenvalue weighted by Gasteiger charge is -2.15. The first-order valence-corrected chi connectivity index (χ1v) is 6.41. The highest BCUT2D eigenvalue weighted by molar-refractivity contribution is 5.16. The van der Waals surface area contributed by atoms with Gasteiger partial charge in [0.25, 0.3) is 0 Å². The minimum atomic E-state index is 0.413. The summed E-state index contributed by atoms with van der Waals surface area (Å²) in [6, 6.07) is 21.4. The van der Waals surface area contributed by atoms with Crippen molar-refractivity contribution in [2.75, 3.05) is 0 Å². The van der Waals surface area contributed by atoms with Crippen molar-refractivity contribution < 1.29 is 0 Å². The van der Waals surface area contributed by atoms with Crippen LogP contribution in [0.3, 0.4) is 0 Å². The first-order chi connectivity index (χ1) is 8.84. The van der Waals surface area contributed by atoms with E-state index in [2.05, 4.69) is 72.4 Å². The molecule has 2 aromatic carbocycles. The van der Waals surface area contributed by atoms with Gasteiger partial charge in [-0.15, -0.1) is 0 Å². The highest BCUT2D eigenvalue weighted by Gasteiger charge is 2.01. The van der Waals surface area contributed by atoms with Crippen LogP contribution >= 0.6 is 0 Å². The lowest BCUT2D eigenvalue weighted by molar-refractivity contribution is 0.446. The number of hydrazine groups is 1. The number of hydrogen-bond donors (Lipinski definition) is 2. The summed E-state index contributed by atoms with van der Waals surface area (Å²) >= 11 is 0. The van der Waals surface area contributed by atoms with Gasteiger partial charge in [0, 0.05) is 12.6 Å². The van der Waals surface area contributed by atoms with E-state index in [4.69, 9.17) is 0 Å². The molecule has 0 bridgehead atoms. The highest BCUT2D eigenvalue weighted by Crippen LogP contribution is 2.02. The summed E-state index contributed by atoms with van der Waals surface area (Å²) in [5.41, 5.74) is 9.25. The molecule has 1 atom stereocenters. The van der Waals surface area contributed by atoms with Crippen molar-refractivity contribution >= 4 is 0 Å². The molecule has 2 N–H and O–H groups in total. The zero-order valence-corrected chi connectivity index (χ0v) is 10.8. The Morgan fingerprint density at radius 3 is 2.00 bits per heavy atom. The zero-order chi connectivity index (χ0) is 12.6. The Kier molecular flexibility index (Phi) is 4.94. The summed E-state index contributed by atoms with van der Waals surface area (Å²) in [5.74, 6) is 0. The van der Waals surface area contributed by atoms with Gasteiger partial charge >= 0.3 is 0 Å². The van der Waals surface area contributed by atoms with E-state index in [0.717, 1.165) is 13.0 Å². The van der Waals surface area contributed by atoms with Crippen LogP contribution in [-0.2, 0) is 13.0 Å². The summed E-state index contributed by atoms with van der Waals surface area (Å²) in [6.07, 6.45) is 1.03. The summed E-state index contributed by atoms with van der Waals surface area (Å²) in [4.78, 5) is 0. The zero-order valence-electron chi connectivity index (χ0n) is 10.8. The Balaban J connectivity index is 1.71. The molecule has 0 saturated heterocycles. The first-order valence-electron chi connectivity index (χ1n) is 6.41. The molecule has 0 fully saturated rings. The number of nitrogens with one attached hydrogen (secondary N) is 2. The lowest BCUT2D eigenvalue weighted by Crippen LogP contribution is -2.39. The average Bonchev–Trinajstić information content (AvgIpc) is 2.41. The van der Waals surface area contributed by atoms with Gasteiger partial charge in [-0.25, -0.2) is 0 Å². The fourth-order valence-electron chi connectivity index (χ4n) is 1.94. The maximum absolute atomic E-state index is 3.33. The minimum absolute atomic E-state index is 0.413. The van der Waals surface area contributed by atoms with Crippen molar-refractivity contribution in [3.8, 4) is 0 Å². The van der Waals surface area contributed by atoms with Crippen molar-refractivity contribution in [3.05, 3.63) is 71.8 Å². The normalized spacial score (nSPS) is 12.3. The quantitative estimate of drug-likeness (QED) is 0.759. The van der Waals surface area contributed by atoms with Crippen LogP contribution in [0.1, 0.15) is 18.1 Å². The molecule has 2 heteroatoms. The molecule has 2 nitrogen and oxygen atoms in total. The molecule has 0 saturated carbocycles. The summed E-state index contributed by atoms with van der Waals surface area (Å²) in [5, 5.41) is 0. The molecule has 0 radical (unpaired) electrons. The Morgan fingerprint density at radius 2 is 1.39 bits per heavy atom. The van der Waals surface area contributed by atoms with E-state index in [9.17, 15) is 0 Å². The third-order valence-electron chi connectivity index (χ3n) is 2.87. The highest BCUT2D eigenvalue weighted by atomic mass is 15.4. The molecule has 1 unspecified atom stereocenters. The molecular weight excluding hydrogens is 220 g/mol. The van der Waals surface area contributed by atoms with Crippen LogP contribution in [-0.4, -0.2) is 6.04 Å². The molecule has 18 heavy (non-hydrogen) atoms. The molecule has 0 aliphatic carbocycles. The predicted molar refractivity (Wildman–Crippen MR) is 76.0 cm³/mol. The monoisotopic (exact) mass is 240 g/mol. The largest absolute Gasteiger partial charge is 0.254 e. The van der Waals surface area contributed by atoms with Crippen LogP contribution in [0.15, 0.2) is 60.7 Å². The van der Waals surface area contributed by atoms with E-state index in [1.165, 1.54) is 11.1 Å². The number of rotatable bonds is 6. The standard InChI is InChI=1S/C16H20N2/c1-14(12-15-8-4-2-5-9-15)18-17-13-16-10-6-3-7-11-16/h2-11,14,17-18H,12-13H2,1H3. The lowest BCUT2D eigenvalue weighted by atomic mass is 10.1. The van der Waals surface area contributed by atoms with Gasteiger partial charge in [0.2, 0.25) is 0 Å². The summed E-state index contributed by atoms with van der Waals surface area (Å²) in [6.45, 7) is 3.03. The second-order valence-corrected chi connectivity index (χ2v) is 4.57. The van der Waals surface area contributed by atoms with Crippen molar-refractivity contribution in [2.24, 2.45) is 0 Å². The van der Waals surface area contributed by atoms with Gasteiger partial charge in [-0.05, 0) is 24.5 Å². The molecule has 0 aromatic heterocycles. The van der Waals surface area contributed by atoms with E-state index in [-0.39, 0.29) is 0 Å². The van der Waals surface area contributed by atoms with Gasteiger partial charge in [0.1, 0.15) is 0 Å². The Labute approximate surface area is 109 Å². The maximum atomic E-state index is 3.33. The molecule has 2 aromatic rings. The van der Waals surface area contributed by atoms with Gasteiger partial charge in [-0.2, -0.15) is 0 Å². The summed E-state index contributed by atoms with van der Waals surface area (Å²) in [7, 11) is 0. The van der Waals surface area contributed by atoms with Crippen molar-refractivity contribution in [1.29, 1.82) is 0 Å². The third kappa shape index (κ3) is 4.32. The molecule has 0 amide bonds. The van der Waals surface area contributed by atoms with Gasteiger partial charge in [-0.1, -0.05) is 60.7 Å². The van der Waals surface area contributed by atoms with E-state index < -0.39 is 0 Å². The number of benzene rings is 2. The SMILES string of the molecule is CC(Cc1ccccc1)NNCc1ccccc1. The van der Waals surface area contributed by atoms with Crippen molar-refractivity contribution in [2.45, 2.75) is 25.9 Å². The predicted octanol–water partition coefficient (Wildman–Crippen LogP) is 2.91. The average molecular weight is 240 g/mol. The molecule has 0 aliphatic rings. The second-order valence-electron chi connectivity index (χ2n) is 4.57. The maximum Gasteiger partial charge on any atom is 0.0351 e. The fourth-order valence-corrected chi connectivity index (χ4v) is 1.94. The Morgan fingerprint density at radius 1 is 0.833 bits per heavy atom. The van der Waals surface area contributed by atoms with Crippen LogP contribution < -0.4 is 10.9 Å². The first kappa shape index (κ1) is 12.8. The molecular formula is C16H20N2. The van der Waals surface area contributed by atoms with Crippen molar-refractivity contribution in [1.82, 2.24) is 10.9 Å². The molecule has 94 valence electrons. The van der Waals surface area contributed by atoms with Gasteiger partial charge in [0.15, 0.2) is 0 Å². The van der Waals surface area contributed by atoms with E-state index in [0.29, 0.717) is 6.04 Å². The van der Waals surface area contributed by atoms with Crippen LogP contribution in [0.5, 0.6) is 0 Å². The Hall–Kier alpha value is -1.64. The fraction of sp³-hybridized carbons (Fsp3) is 0.250. The third-order valence-corrected chi connectivity index (χ3v) is 2.87. The van der Waals surface area contributed by atoms with Gasteiger partial charge < -0.3 is 0 Å². The molecule has 0 heterocycles. The van der Waals surface area contributed by atoms with Crippen LogP contribution in [0.2, 0.25) is 0 Å². The van der Waals surface area contributed by atoms with Gasteiger partial charge in [-0.3, -0.25) is 10.9 Å². The second kappa shape index (κ2) is 6.94. The topological polar surface area (TPSA) is 24.1 Å². The Bertz CT molecular complexity index is 439. The smallest absolute Gasteiger partial charge is 0.0351 e. The number of hydrogen-bond acceptors (Lipinski definition) is 2. The molecule has 2 rings (SSSR count). The van der Waals surface area contributed by atoms with Crippen LogP contribution in [0.25, 0.3) is 0 Å².